The molecule has 1 atom stereocenters. The Balaban J connectivity index is 1.34. The second kappa shape index (κ2) is 8.45. The molecule has 1 aliphatic heterocycles. The zero-order valence-corrected chi connectivity index (χ0v) is 16.4. The Morgan fingerprint density at radius 3 is 2.76 bits per heavy atom. The lowest BCUT2D eigenvalue weighted by Gasteiger charge is -2.18. The fourth-order valence-corrected chi connectivity index (χ4v) is 3.62. The van der Waals surface area contributed by atoms with Gasteiger partial charge >= 0.3 is 0 Å². The summed E-state index contributed by atoms with van der Waals surface area (Å²) in [6.07, 6.45) is 3.00. The van der Waals surface area contributed by atoms with Crippen molar-refractivity contribution >= 4 is 28.2 Å². The first-order chi connectivity index (χ1) is 14.1. The van der Waals surface area contributed by atoms with Gasteiger partial charge in [0.15, 0.2) is 0 Å². The lowest BCUT2D eigenvalue weighted by atomic mass is 10.2. The van der Waals surface area contributed by atoms with Crippen LogP contribution < -0.4 is 15.8 Å². The standard InChI is InChI=1S/C22H24N4O3/c1-29-18-10-12-25(14-18)17-8-6-16(7-9-17)24-21(27)11-13-26-15-23-20-5-3-2-4-19(20)22(26)28/h2-9,15,18H,10-14H2,1H3,(H,24,27). The van der Waals surface area contributed by atoms with Crippen molar-refractivity contribution in [1.29, 1.82) is 0 Å². The van der Waals surface area contributed by atoms with Gasteiger partial charge in [-0.2, -0.15) is 0 Å². The molecule has 7 nitrogen and oxygen atoms in total. The molecule has 1 saturated heterocycles. The van der Waals surface area contributed by atoms with Crippen molar-refractivity contribution in [3.05, 3.63) is 65.2 Å². The first-order valence-electron chi connectivity index (χ1n) is 9.76. The number of nitrogens with zero attached hydrogens (tertiary/aromatic N) is 3. The lowest BCUT2D eigenvalue weighted by molar-refractivity contribution is -0.116. The van der Waals surface area contributed by atoms with Crippen LogP contribution in [-0.2, 0) is 16.1 Å². The molecule has 0 saturated carbocycles. The van der Waals surface area contributed by atoms with Crippen LogP contribution in [0.4, 0.5) is 11.4 Å². The van der Waals surface area contributed by atoms with Crippen LogP contribution in [0.15, 0.2) is 59.7 Å². The molecule has 1 fully saturated rings. The smallest absolute Gasteiger partial charge is 0.261 e. The SMILES string of the molecule is COC1CCN(c2ccc(NC(=O)CCn3cnc4ccccc4c3=O)cc2)C1. The summed E-state index contributed by atoms with van der Waals surface area (Å²) in [4.78, 5) is 31.4. The van der Waals surface area contributed by atoms with E-state index in [1.54, 1.807) is 19.2 Å². The molecule has 0 spiro atoms. The molecule has 0 aliphatic carbocycles. The van der Waals surface area contributed by atoms with Crippen LogP contribution in [-0.4, -0.2) is 41.8 Å². The number of aryl methyl sites for hydroxylation is 1. The highest BCUT2D eigenvalue weighted by atomic mass is 16.5. The number of carbonyl (C=O) groups excluding carboxylic acids is 1. The number of ether oxygens (including phenoxy) is 1. The van der Waals surface area contributed by atoms with E-state index in [0.717, 1.165) is 30.9 Å². The van der Waals surface area contributed by atoms with Crippen molar-refractivity contribution in [1.82, 2.24) is 9.55 Å². The topological polar surface area (TPSA) is 76.5 Å². The highest BCUT2D eigenvalue weighted by Crippen LogP contribution is 2.23. The fraction of sp³-hybridized carbons (Fsp3) is 0.318. The van der Waals surface area contributed by atoms with Crippen LogP contribution in [0.2, 0.25) is 0 Å². The third-order valence-corrected chi connectivity index (χ3v) is 5.31. The first-order valence-corrected chi connectivity index (χ1v) is 9.76. The van der Waals surface area contributed by atoms with E-state index in [9.17, 15) is 9.59 Å². The van der Waals surface area contributed by atoms with Gasteiger partial charge in [-0.25, -0.2) is 4.98 Å². The van der Waals surface area contributed by atoms with E-state index in [0.29, 0.717) is 10.9 Å². The number of hydrogen-bond acceptors (Lipinski definition) is 5. The Morgan fingerprint density at radius 1 is 1.21 bits per heavy atom. The second-order valence-electron chi connectivity index (χ2n) is 7.20. The predicted molar refractivity (Wildman–Crippen MR) is 113 cm³/mol. The van der Waals surface area contributed by atoms with Gasteiger partial charge in [0.1, 0.15) is 0 Å². The number of carbonyl (C=O) groups is 1. The van der Waals surface area contributed by atoms with Crippen molar-refractivity contribution in [2.45, 2.75) is 25.5 Å². The van der Waals surface area contributed by atoms with Gasteiger partial charge in [0.25, 0.3) is 5.56 Å². The van der Waals surface area contributed by atoms with E-state index in [4.69, 9.17) is 4.74 Å². The Kier molecular flexibility index (Phi) is 5.57. The molecule has 4 rings (SSSR count). The number of rotatable bonds is 6. The maximum absolute atomic E-state index is 12.5. The second-order valence-corrected chi connectivity index (χ2v) is 7.20. The number of hydrogen-bond donors (Lipinski definition) is 1. The molecule has 3 aromatic rings. The van der Waals surface area contributed by atoms with Gasteiger partial charge in [0.05, 0.1) is 23.3 Å². The minimum atomic E-state index is -0.140. The summed E-state index contributed by atoms with van der Waals surface area (Å²) in [6.45, 7) is 2.14. The maximum atomic E-state index is 12.5. The normalized spacial score (nSPS) is 16.3. The van der Waals surface area contributed by atoms with E-state index in [-0.39, 0.29) is 30.5 Å². The van der Waals surface area contributed by atoms with Crippen LogP contribution in [0.25, 0.3) is 10.9 Å². The molecule has 0 radical (unpaired) electrons. The number of aromatic nitrogens is 2. The highest BCUT2D eigenvalue weighted by molar-refractivity contribution is 5.90. The number of para-hydroxylation sites is 1. The van der Waals surface area contributed by atoms with Crippen molar-refractivity contribution in [3.8, 4) is 0 Å². The van der Waals surface area contributed by atoms with Crippen LogP contribution in [0, 0.1) is 0 Å². The van der Waals surface area contributed by atoms with E-state index in [1.807, 2.05) is 36.4 Å². The van der Waals surface area contributed by atoms with Gasteiger partial charge in [0.2, 0.25) is 5.91 Å². The van der Waals surface area contributed by atoms with Crippen LogP contribution in [0.1, 0.15) is 12.8 Å². The van der Waals surface area contributed by atoms with E-state index in [1.165, 1.54) is 10.9 Å². The molecule has 0 bridgehead atoms. The molecular weight excluding hydrogens is 368 g/mol. The summed E-state index contributed by atoms with van der Waals surface area (Å²) in [5.74, 6) is -0.140. The Bertz CT molecular complexity index is 1060. The Morgan fingerprint density at radius 2 is 2.00 bits per heavy atom. The Labute approximate surface area is 168 Å². The van der Waals surface area contributed by atoms with Crippen LogP contribution >= 0.6 is 0 Å². The molecule has 1 aromatic heterocycles. The maximum Gasteiger partial charge on any atom is 0.261 e. The molecule has 2 heterocycles. The molecule has 29 heavy (non-hydrogen) atoms. The molecule has 1 N–H and O–H groups in total. The molecule has 2 aromatic carbocycles. The summed E-state index contributed by atoms with van der Waals surface area (Å²) >= 11 is 0. The van der Waals surface area contributed by atoms with E-state index >= 15 is 0 Å². The number of anilines is 2. The summed E-state index contributed by atoms with van der Waals surface area (Å²) in [6, 6.07) is 15.0. The summed E-state index contributed by atoms with van der Waals surface area (Å²) in [5, 5.41) is 3.45. The van der Waals surface area contributed by atoms with Crippen molar-refractivity contribution in [2.24, 2.45) is 0 Å². The zero-order chi connectivity index (χ0) is 20.2. The quantitative estimate of drug-likeness (QED) is 0.698. The Hall–Kier alpha value is -3.19. The largest absolute Gasteiger partial charge is 0.380 e. The lowest BCUT2D eigenvalue weighted by Crippen LogP contribution is -2.23. The molecule has 7 heteroatoms. The van der Waals surface area contributed by atoms with Crippen molar-refractivity contribution in [3.63, 3.8) is 0 Å². The molecule has 1 unspecified atom stereocenters. The average molecular weight is 392 g/mol. The van der Waals surface area contributed by atoms with Gasteiger partial charge in [-0.1, -0.05) is 12.1 Å². The molecule has 1 aliphatic rings. The molecular formula is C22H24N4O3. The first kappa shape index (κ1) is 19.1. The third kappa shape index (κ3) is 4.30. The highest BCUT2D eigenvalue weighted by Gasteiger charge is 2.22. The van der Waals surface area contributed by atoms with Crippen molar-refractivity contribution < 1.29 is 9.53 Å². The van der Waals surface area contributed by atoms with Crippen molar-refractivity contribution in [2.75, 3.05) is 30.4 Å². The number of nitrogens with one attached hydrogen (secondary N) is 1. The van der Waals surface area contributed by atoms with Gasteiger partial charge in [0, 0.05) is 44.5 Å². The monoisotopic (exact) mass is 392 g/mol. The van der Waals surface area contributed by atoms with Crippen LogP contribution in [0.5, 0.6) is 0 Å². The van der Waals surface area contributed by atoms with Crippen LogP contribution in [0.3, 0.4) is 0 Å². The fourth-order valence-electron chi connectivity index (χ4n) is 3.62. The summed E-state index contributed by atoms with van der Waals surface area (Å²) < 4.78 is 6.88. The van der Waals surface area contributed by atoms with Gasteiger partial charge < -0.3 is 15.0 Å². The number of benzene rings is 2. The molecule has 1 amide bonds. The van der Waals surface area contributed by atoms with Gasteiger partial charge in [-0.3, -0.25) is 14.2 Å². The third-order valence-electron chi connectivity index (χ3n) is 5.31. The summed E-state index contributed by atoms with van der Waals surface area (Å²) in [5.41, 5.74) is 2.39. The number of methoxy groups -OCH3 is 1. The van der Waals surface area contributed by atoms with E-state index < -0.39 is 0 Å². The summed E-state index contributed by atoms with van der Waals surface area (Å²) in [7, 11) is 1.74. The number of amides is 1. The minimum Gasteiger partial charge on any atom is -0.380 e. The van der Waals surface area contributed by atoms with Gasteiger partial charge in [-0.05, 0) is 42.8 Å². The van der Waals surface area contributed by atoms with Gasteiger partial charge in [-0.15, -0.1) is 0 Å². The zero-order valence-electron chi connectivity index (χ0n) is 16.4. The average Bonchev–Trinajstić information content (AvgIpc) is 3.23. The predicted octanol–water partition coefficient (Wildman–Crippen LogP) is 2.65. The van der Waals surface area contributed by atoms with E-state index in [2.05, 4.69) is 15.2 Å². The molecule has 150 valence electrons. The number of fused-ring (bicyclic) bond motifs is 1. The minimum absolute atomic E-state index is 0.132.